The lowest BCUT2D eigenvalue weighted by Crippen LogP contribution is -2.27. The molecule has 0 aromatic carbocycles. The zero-order valence-corrected chi connectivity index (χ0v) is 34.8. The second-order valence-corrected chi connectivity index (χ2v) is 14.4. The van der Waals surface area contributed by atoms with Gasteiger partial charge in [0.25, 0.3) is 0 Å². The van der Waals surface area contributed by atoms with Gasteiger partial charge in [0.1, 0.15) is 6.10 Å². The molecular formula is C49H84O4. The molecule has 0 rings (SSSR count). The summed E-state index contributed by atoms with van der Waals surface area (Å²) in [5.74, 6) is -0.217. The van der Waals surface area contributed by atoms with Crippen LogP contribution >= 0.6 is 0 Å². The van der Waals surface area contributed by atoms with Gasteiger partial charge in [0, 0.05) is 13.0 Å². The van der Waals surface area contributed by atoms with Crippen LogP contribution in [0.4, 0.5) is 0 Å². The highest BCUT2D eigenvalue weighted by Gasteiger charge is 2.13. The largest absolute Gasteiger partial charge is 0.457 e. The number of hydrogen-bond acceptors (Lipinski definition) is 4. The minimum Gasteiger partial charge on any atom is -0.457 e. The molecule has 0 spiro atoms. The quantitative estimate of drug-likeness (QED) is 0.0387. The molecule has 0 heterocycles. The molecule has 4 nitrogen and oxygen atoms in total. The molecule has 1 unspecified atom stereocenters. The topological polar surface area (TPSA) is 55.8 Å². The predicted molar refractivity (Wildman–Crippen MR) is 232 cm³/mol. The molecule has 0 aliphatic rings. The van der Waals surface area contributed by atoms with Crippen LogP contribution < -0.4 is 0 Å². The summed E-state index contributed by atoms with van der Waals surface area (Å²) >= 11 is 0. The van der Waals surface area contributed by atoms with Gasteiger partial charge in [-0.2, -0.15) is 0 Å². The summed E-state index contributed by atoms with van der Waals surface area (Å²) in [5, 5.41) is 9.61. The lowest BCUT2D eigenvalue weighted by Gasteiger charge is -2.15. The smallest absolute Gasteiger partial charge is 0.306 e. The van der Waals surface area contributed by atoms with Crippen LogP contribution in [0.15, 0.2) is 85.1 Å². The third-order valence-electron chi connectivity index (χ3n) is 9.20. The van der Waals surface area contributed by atoms with Gasteiger partial charge >= 0.3 is 5.97 Å². The summed E-state index contributed by atoms with van der Waals surface area (Å²) in [7, 11) is 0. The first kappa shape index (κ1) is 50.6. The van der Waals surface area contributed by atoms with E-state index < -0.39 is 6.10 Å². The second kappa shape index (κ2) is 45.7. The van der Waals surface area contributed by atoms with Gasteiger partial charge in [-0.15, -0.1) is 0 Å². The summed E-state index contributed by atoms with van der Waals surface area (Å²) in [6, 6.07) is 0. The van der Waals surface area contributed by atoms with Crippen molar-refractivity contribution in [2.45, 2.75) is 200 Å². The number of ether oxygens (including phenoxy) is 2. The summed E-state index contributed by atoms with van der Waals surface area (Å²) < 4.78 is 11.1. The summed E-state index contributed by atoms with van der Waals surface area (Å²) in [6.45, 7) is 5.16. The van der Waals surface area contributed by atoms with E-state index in [1.54, 1.807) is 0 Å². The van der Waals surface area contributed by atoms with E-state index in [-0.39, 0.29) is 19.2 Å². The molecule has 1 N–H and O–H groups in total. The molecule has 4 heteroatoms. The maximum absolute atomic E-state index is 12.2. The van der Waals surface area contributed by atoms with Gasteiger partial charge in [-0.05, 0) is 89.9 Å². The fourth-order valence-electron chi connectivity index (χ4n) is 5.91. The van der Waals surface area contributed by atoms with Crippen molar-refractivity contribution < 1.29 is 19.4 Å². The number of carbonyl (C=O) groups excluding carboxylic acids is 1. The Bertz CT molecular complexity index is 954. The van der Waals surface area contributed by atoms with Gasteiger partial charge in [0.15, 0.2) is 0 Å². The highest BCUT2D eigenvalue weighted by molar-refractivity contribution is 5.69. The van der Waals surface area contributed by atoms with E-state index in [1.807, 2.05) is 0 Å². The van der Waals surface area contributed by atoms with Crippen LogP contribution in [0.5, 0.6) is 0 Å². The van der Waals surface area contributed by atoms with E-state index in [2.05, 4.69) is 98.9 Å². The first-order valence-electron chi connectivity index (χ1n) is 22.2. The molecule has 0 radical (unpaired) electrons. The molecule has 1 atom stereocenters. The summed E-state index contributed by atoms with van der Waals surface area (Å²) in [4.78, 5) is 12.2. The third-order valence-corrected chi connectivity index (χ3v) is 9.20. The Labute approximate surface area is 329 Å². The molecule has 304 valence electrons. The molecule has 0 amide bonds. The zero-order valence-electron chi connectivity index (χ0n) is 34.8. The standard InChI is InChI=1S/C49H84O4/c1-3-5-7-9-11-13-15-17-19-21-23-25-26-28-30-32-34-36-38-40-42-44-49(51)53-48(46-50)47-52-45-43-41-39-37-35-33-31-29-27-24-22-20-18-16-14-12-10-8-6-4-2/h6,8,12,14-15,17-18,20-21,23-24,27,31,33,48,50H,3-5,7,9-11,13,16,19,22,25-26,28-30,32,34-47H2,1-2H3/b8-6-,14-12-,17-15-,20-18-,23-21-,27-24-,33-31-. The van der Waals surface area contributed by atoms with Crippen molar-refractivity contribution in [3.05, 3.63) is 85.1 Å². The van der Waals surface area contributed by atoms with E-state index in [9.17, 15) is 9.90 Å². The van der Waals surface area contributed by atoms with Crippen LogP contribution in [0.3, 0.4) is 0 Å². The van der Waals surface area contributed by atoms with Gasteiger partial charge < -0.3 is 14.6 Å². The molecule has 0 fully saturated rings. The Kier molecular flexibility index (Phi) is 43.6. The fraction of sp³-hybridized carbons (Fsp3) is 0.694. The second-order valence-electron chi connectivity index (χ2n) is 14.4. The van der Waals surface area contributed by atoms with E-state index in [0.717, 1.165) is 70.6 Å². The van der Waals surface area contributed by atoms with Gasteiger partial charge in [-0.3, -0.25) is 4.79 Å². The van der Waals surface area contributed by atoms with Gasteiger partial charge in [0.2, 0.25) is 0 Å². The Morgan fingerprint density at radius 2 is 0.849 bits per heavy atom. The predicted octanol–water partition coefficient (Wildman–Crippen LogP) is 14.8. The Hall–Kier alpha value is -2.43. The molecule has 0 aromatic rings. The molecule has 53 heavy (non-hydrogen) atoms. The molecule has 0 aliphatic heterocycles. The van der Waals surface area contributed by atoms with E-state index in [0.29, 0.717) is 13.0 Å². The highest BCUT2D eigenvalue weighted by Crippen LogP contribution is 2.13. The number of esters is 1. The number of unbranched alkanes of at least 4 members (excludes halogenated alkanes) is 18. The molecule has 0 saturated heterocycles. The molecule has 0 bridgehead atoms. The Morgan fingerprint density at radius 3 is 1.28 bits per heavy atom. The first-order chi connectivity index (χ1) is 26.2. The minimum atomic E-state index is -0.555. The minimum absolute atomic E-state index is 0.189. The lowest BCUT2D eigenvalue weighted by atomic mass is 10.1. The van der Waals surface area contributed by atoms with Crippen molar-refractivity contribution in [1.29, 1.82) is 0 Å². The number of carbonyl (C=O) groups is 1. The van der Waals surface area contributed by atoms with E-state index in [1.165, 1.54) is 103 Å². The van der Waals surface area contributed by atoms with Crippen LogP contribution in [0.25, 0.3) is 0 Å². The van der Waals surface area contributed by atoms with Crippen molar-refractivity contribution in [1.82, 2.24) is 0 Å². The Balaban J connectivity index is 3.52. The summed E-state index contributed by atoms with van der Waals surface area (Å²) in [5.41, 5.74) is 0. The van der Waals surface area contributed by atoms with E-state index >= 15 is 0 Å². The number of hydrogen-bond donors (Lipinski definition) is 1. The fourth-order valence-corrected chi connectivity index (χ4v) is 5.91. The number of aliphatic hydroxyl groups is 1. The monoisotopic (exact) mass is 737 g/mol. The third kappa shape index (κ3) is 43.9. The van der Waals surface area contributed by atoms with Crippen LogP contribution in [0.1, 0.15) is 194 Å². The van der Waals surface area contributed by atoms with Crippen LogP contribution in [0, 0.1) is 0 Å². The number of allylic oxidation sites excluding steroid dienone is 14. The molecule has 0 saturated carbocycles. The molecule has 0 aromatic heterocycles. The van der Waals surface area contributed by atoms with Crippen molar-refractivity contribution in [3.8, 4) is 0 Å². The summed E-state index contributed by atoms with van der Waals surface area (Å²) in [6.07, 6.45) is 63.6. The maximum atomic E-state index is 12.2. The van der Waals surface area contributed by atoms with Crippen molar-refractivity contribution >= 4 is 5.97 Å². The van der Waals surface area contributed by atoms with Gasteiger partial charge in [0.05, 0.1) is 13.2 Å². The molecular weight excluding hydrogens is 653 g/mol. The Morgan fingerprint density at radius 1 is 0.472 bits per heavy atom. The zero-order chi connectivity index (χ0) is 38.4. The number of aliphatic hydroxyl groups excluding tert-OH is 1. The van der Waals surface area contributed by atoms with Crippen molar-refractivity contribution in [3.63, 3.8) is 0 Å². The normalized spacial score (nSPS) is 13.2. The van der Waals surface area contributed by atoms with Gasteiger partial charge in [-0.1, -0.05) is 182 Å². The average molecular weight is 737 g/mol. The van der Waals surface area contributed by atoms with Crippen molar-refractivity contribution in [2.75, 3.05) is 19.8 Å². The molecule has 0 aliphatic carbocycles. The SMILES string of the molecule is CC/C=C\C/C=C\C/C=C\C/C=C\C/C=C\CCCCCCOCC(CO)OC(=O)CCCCCCCCCCC/C=C\C/C=C\CCCCCCC. The van der Waals surface area contributed by atoms with E-state index in [4.69, 9.17) is 9.47 Å². The van der Waals surface area contributed by atoms with Crippen LogP contribution in [-0.4, -0.2) is 37.0 Å². The average Bonchev–Trinajstić information content (AvgIpc) is 3.16. The van der Waals surface area contributed by atoms with Gasteiger partial charge in [-0.25, -0.2) is 0 Å². The highest BCUT2D eigenvalue weighted by atomic mass is 16.6. The maximum Gasteiger partial charge on any atom is 0.306 e. The van der Waals surface area contributed by atoms with Crippen LogP contribution in [-0.2, 0) is 14.3 Å². The van der Waals surface area contributed by atoms with Crippen LogP contribution in [0.2, 0.25) is 0 Å². The number of rotatable bonds is 40. The van der Waals surface area contributed by atoms with Crippen molar-refractivity contribution in [2.24, 2.45) is 0 Å². The first-order valence-corrected chi connectivity index (χ1v) is 22.2. The lowest BCUT2D eigenvalue weighted by molar-refractivity contribution is -0.154.